The molecule has 0 bridgehead atoms. The van der Waals surface area contributed by atoms with Crippen molar-refractivity contribution in [3.8, 4) is 5.75 Å². The minimum absolute atomic E-state index is 0.339. The Balaban J connectivity index is 2.20. The third-order valence-electron chi connectivity index (χ3n) is 3.12. The van der Waals surface area contributed by atoms with Gasteiger partial charge in [0.2, 0.25) is 0 Å². The molecule has 2 rings (SSSR count). The molecule has 1 heterocycles. The van der Waals surface area contributed by atoms with E-state index in [1.807, 2.05) is 19.2 Å². The molecule has 3 heteroatoms. The molecule has 0 aliphatic rings. The first-order valence-electron chi connectivity index (χ1n) is 6.08. The highest BCUT2D eigenvalue weighted by Gasteiger charge is 2.13. The number of benzene rings is 1. The van der Waals surface area contributed by atoms with Crippen molar-refractivity contribution in [2.24, 2.45) is 0 Å². The molecular weight excluding hydrogens is 242 g/mol. The summed E-state index contributed by atoms with van der Waals surface area (Å²) < 4.78 is 5.41. The van der Waals surface area contributed by atoms with E-state index in [1.165, 1.54) is 16.0 Å². The molecule has 0 amide bonds. The molecule has 0 saturated heterocycles. The zero-order chi connectivity index (χ0) is 13.0. The van der Waals surface area contributed by atoms with Crippen molar-refractivity contribution in [1.29, 1.82) is 0 Å². The molecule has 1 unspecified atom stereocenters. The monoisotopic (exact) mass is 261 g/mol. The fourth-order valence-electron chi connectivity index (χ4n) is 2.12. The predicted octanol–water partition coefficient (Wildman–Crippen LogP) is 3.57. The van der Waals surface area contributed by atoms with E-state index in [2.05, 4.69) is 35.8 Å². The Hall–Kier alpha value is -1.32. The average molecular weight is 261 g/mol. The van der Waals surface area contributed by atoms with Crippen molar-refractivity contribution in [2.75, 3.05) is 14.2 Å². The maximum atomic E-state index is 5.41. The van der Waals surface area contributed by atoms with E-state index in [0.717, 1.165) is 12.2 Å². The summed E-state index contributed by atoms with van der Waals surface area (Å²) in [6.07, 6.45) is 0.941. The van der Waals surface area contributed by atoms with E-state index >= 15 is 0 Å². The minimum atomic E-state index is 0.339. The first-order chi connectivity index (χ1) is 8.74. The number of likely N-dealkylation sites (N-methyl/N-ethyl adjacent to an activating group) is 1. The Labute approximate surface area is 113 Å². The van der Waals surface area contributed by atoms with Crippen LogP contribution >= 0.6 is 11.3 Å². The van der Waals surface area contributed by atoms with Crippen LogP contribution in [0.1, 0.15) is 22.0 Å². The maximum Gasteiger partial charge on any atom is 0.122 e. The van der Waals surface area contributed by atoms with Gasteiger partial charge in [0, 0.05) is 10.9 Å². The normalized spacial score (nSPS) is 12.4. The van der Waals surface area contributed by atoms with Crippen LogP contribution in [0, 0.1) is 6.92 Å². The first kappa shape index (κ1) is 13.1. The number of thiophene rings is 1. The summed E-state index contributed by atoms with van der Waals surface area (Å²) in [6, 6.07) is 10.8. The van der Waals surface area contributed by atoms with Gasteiger partial charge in [-0.05, 0) is 49.0 Å². The van der Waals surface area contributed by atoms with E-state index in [1.54, 1.807) is 18.4 Å². The molecule has 0 aliphatic heterocycles. The van der Waals surface area contributed by atoms with Crippen molar-refractivity contribution in [1.82, 2.24) is 5.32 Å². The number of ether oxygens (including phenoxy) is 1. The molecule has 1 aromatic carbocycles. The molecule has 1 atom stereocenters. The first-order valence-corrected chi connectivity index (χ1v) is 6.96. The lowest BCUT2D eigenvalue weighted by molar-refractivity contribution is 0.406. The Morgan fingerprint density at radius 1 is 1.33 bits per heavy atom. The van der Waals surface area contributed by atoms with Crippen LogP contribution in [0.15, 0.2) is 35.7 Å². The van der Waals surface area contributed by atoms with E-state index in [9.17, 15) is 0 Å². The van der Waals surface area contributed by atoms with Crippen LogP contribution in [0.5, 0.6) is 5.75 Å². The zero-order valence-electron chi connectivity index (χ0n) is 11.1. The highest BCUT2D eigenvalue weighted by molar-refractivity contribution is 7.10. The summed E-state index contributed by atoms with van der Waals surface area (Å²) in [7, 11) is 3.73. The SMILES string of the molecule is CNC(Cc1ccccc1OC)c1csc(C)c1. The van der Waals surface area contributed by atoms with Crippen molar-refractivity contribution in [3.63, 3.8) is 0 Å². The number of para-hydroxylation sites is 1. The Bertz CT molecular complexity index is 507. The van der Waals surface area contributed by atoms with Gasteiger partial charge in [-0.1, -0.05) is 18.2 Å². The van der Waals surface area contributed by atoms with Gasteiger partial charge in [0.15, 0.2) is 0 Å². The second-order valence-electron chi connectivity index (χ2n) is 4.35. The fourth-order valence-corrected chi connectivity index (χ4v) is 2.88. The highest BCUT2D eigenvalue weighted by Crippen LogP contribution is 2.27. The molecule has 1 N–H and O–H groups in total. The van der Waals surface area contributed by atoms with Crippen molar-refractivity contribution in [3.05, 3.63) is 51.7 Å². The lowest BCUT2D eigenvalue weighted by Gasteiger charge is -2.17. The zero-order valence-corrected chi connectivity index (χ0v) is 11.9. The minimum Gasteiger partial charge on any atom is -0.496 e. The van der Waals surface area contributed by atoms with Crippen LogP contribution in [-0.4, -0.2) is 14.2 Å². The van der Waals surface area contributed by atoms with Crippen molar-refractivity contribution >= 4 is 11.3 Å². The summed E-state index contributed by atoms with van der Waals surface area (Å²) in [5.41, 5.74) is 2.59. The standard InChI is InChI=1S/C15H19NOS/c1-11-8-13(10-18-11)14(16-2)9-12-6-4-5-7-15(12)17-3/h4-8,10,14,16H,9H2,1-3H3. The van der Waals surface area contributed by atoms with Crippen molar-refractivity contribution in [2.45, 2.75) is 19.4 Å². The topological polar surface area (TPSA) is 21.3 Å². The predicted molar refractivity (Wildman–Crippen MR) is 77.6 cm³/mol. The van der Waals surface area contributed by atoms with E-state index in [-0.39, 0.29) is 0 Å². The lowest BCUT2D eigenvalue weighted by atomic mass is 10.0. The van der Waals surface area contributed by atoms with Gasteiger partial charge in [-0.3, -0.25) is 0 Å². The quantitative estimate of drug-likeness (QED) is 0.888. The number of nitrogens with one attached hydrogen (secondary N) is 1. The lowest BCUT2D eigenvalue weighted by Crippen LogP contribution is -2.18. The number of rotatable bonds is 5. The van der Waals surface area contributed by atoms with Crippen LogP contribution in [0.2, 0.25) is 0 Å². The molecule has 18 heavy (non-hydrogen) atoms. The second kappa shape index (κ2) is 6.03. The van der Waals surface area contributed by atoms with Gasteiger partial charge in [-0.2, -0.15) is 0 Å². The van der Waals surface area contributed by atoms with Crippen LogP contribution in [0.3, 0.4) is 0 Å². The van der Waals surface area contributed by atoms with E-state index in [0.29, 0.717) is 6.04 Å². The van der Waals surface area contributed by atoms with Gasteiger partial charge < -0.3 is 10.1 Å². The van der Waals surface area contributed by atoms with Crippen LogP contribution in [-0.2, 0) is 6.42 Å². The smallest absolute Gasteiger partial charge is 0.122 e. The van der Waals surface area contributed by atoms with Gasteiger partial charge in [0.05, 0.1) is 7.11 Å². The molecule has 0 radical (unpaired) electrons. The molecule has 2 aromatic rings. The number of methoxy groups -OCH3 is 1. The maximum absolute atomic E-state index is 5.41. The Kier molecular flexibility index (Phi) is 4.39. The average Bonchev–Trinajstić information content (AvgIpc) is 2.83. The van der Waals surface area contributed by atoms with Crippen LogP contribution in [0.4, 0.5) is 0 Å². The molecular formula is C15H19NOS. The van der Waals surface area contributed by atoms with Crippen molar-refractivity contribution < 1.29 is 4.74 Å². The number of hydrogen-bond acceptors (Lipinski definition) is 3. The molecule has 0 aliphatic carbocycles. The summed E-state index contributed by atoms with van der Waals surface area (Å²) in [5.74, 6) is 0.963. The summed E-state index contributed by atoms with van der Waals surface area (Å²) >= 11 is 1.80. The molecule has 96 valence electrons. The fraction of sp³-hybridized carbons (Fsp3) is 0.333. The van der Waals surface area contributed by atoms with E-state index in [4.69, 9.17) is 4.74 Å². The summed E-state index contributed by atoms with van der Waals surface area (Å²) in [6.45, 7) is 2.14. The Morgan fingerprint density at radius 2 is 2.11 bits per heavy atom. The van der Waals surface area contributed by atoms with Crippen LogP contribution in [0.25, 0.3) is 0 Å². The molecule has 0 spiro atoms. The van der Waals surface area contributed by atoms with Crippen LogP contribution < -0.4 is 10.1 Å². The van der Waals surface area contributed by atoms with Gasteiger partial charge >= 0.3 is 0 Å². The number of hydrogen-bond donors (Lipinski definition) is 1. The largest absolute Gasteiger partial charge is 0.496 e. The third-order valence-corrected chi connectivity index (χ3v) is 4.00. The van der Waals surface area contributed by atoms with Gasteiger partial charge in [-0.15, -0.1) is 11.3 Å². The molecule has 2 nitrogen and oxygen atoms in total. The molecule has 0 saturated carbocycles. The summed E-state index contributed by atoms with van der Waals surface area (Å²) in [4.78, 5) is 1.35. The highest BCUT2D eigenvalue weighted by atomic mass is 32.1. The number of aryl methyl sites for hydroxylation is 1. The van der Waals surface area contributed by atoms with Gasteiger partial charge in [0.25, 0.3) is 0 Å². The van der Waals surface area contributed by atoms with Gasteiger partial charge in [-0.25, -0.2) is 0 Å². The summed E-state index contributed by atoms with van der Waals surface area (Å²) in [5, 5.41) is 5.61. The van der Waals surface area contributed by atoms with Gasteiger partial charge in [0.1, 0.15) is 5.75 Å². The Morgan fingerprint density at radius 3 is 2.72 bits per heavy atom. The molecule has 0 fully saturated rings. The molecule has 1 aromatic heterocycles. The van der Waals surface area contributed by atoms with E-state index < -0.39 is 0 Å². The third kappa shape index (κ3) is 2.92. The second-order valence-corrected chi connectivity index (χ2v) is 5.46.